The predicted octanol–water partition coefficient (Wildman–Crippen LogP) is 2.26. The molecule has 1 unspecified atom stereocenters. The lowest BCUT2D eigenvalue weighted by molar-refractivity contribution is -0.137. The highest BCUT2D eigenvalue weighted by molar-refractivity contribution is 4.72. The Labute approximate surface area is 95.2 Å². The smallest absolute Gasteiger partial charge is 0.319 e. The molecular formula is C11H21F3N2. The van der Waals surface area contributed by atoms with Crippen LogP contribution in [0.1, 0.15) is 25.7 Å². The third-order valence-electron chi connectivity index (χ3n) is 3.14. The highest BCUT2D eigenvalue weighted by Gasteiger charge is 2.28. The zero-order chi connectivity index (χ0) is 12.0. The molecule has 0 radical (unpaired) electrons. The second kappa shape index (κ2) is 6.45. The molecule has 0 spiro atoms. The van der Waals surface area contributed by atoms with E-state index >= 15 is 0 Å². The standard InChI is InChI=1S/C11H21F3N2/c1-15-9-10-3-2-6-16(7-4-10)8-5-11(12,13)14/h10,15H,2-9H2,1H3. The molecule has 0 aromatic rings. The van der Waals surface area contributed by atoms with Crippen molar-refractivity contribution in [3.05, 3.63) is 0 Å². The zero-order valence-corrected chi connectivity index (χ0v) is 9.82. The Morgan fingerprint density at radius 3 is 2.62 bits per heavy atom. The van der Waals surface area contributed by atoms with Crippen molar-refractivity contribution in [2.45, 2.75) is 31.9 Å². The number of rotatable bonds is 4. The van der Waals surface area contributed by atoms with Crippen LogP contribution in [-0.4, -0.2) is 44.3 Å². The molecule has 1 aliphatic rings. The van der Waals surface area contributed by atoms with Gasteiger partial charge in [0.1, 0.15) is 0 Å². The zero-order valence-electron chi connectivity index (χ0n) is 9.82. The van der Waals surface area contributed by atoms with Gasteiger partial charge in [0, 0.05) is 6.54 Å². The Morgan fingerprint density at radius 1 is 1.25 bits per heavy atom. The summed E-state index contributed by atoms with van der Waals surface area (Å²) in [5.41, 5.74) is 0. The second-order valence-electron chi connectivity index (χ2n) is 4.56. The van der Waals surface area contributed by atoms with Gasteiger partial charge in [-0.15, -0.1) is 0 Å². The Kier molecular flexibility index (Phi) is 5.55. The van der Waals surface area contributed by atoms with Crippen molar-refractivity contribution in [3.8, 4) is 0 Å². The molecule has 5 heteroatoms. The lowest BCUT2D eigenvalue weighted by atomic mass is 10.0. The molecule has 1 heterocycles. The van der Waals surface area contributed by atoms with Crippen LogP contribution in [0.2, 0.25) is 0 Å². The summed E-state index contributed by atoms with van der Waals surface area (Å²) in [5.74, 6) is 0.626. The molecule has 0 aromatic carbocycles. The minimum atomic E-state index is -4.02. The summed E-state index contributed by atoms with van der Waals surface area (Å²) in [6.07, 6.45) is -1.54. The number of likely N-dealkylation sites (tertiary alicyclic amines) is 1. The minimum Gasteiger partial charge on any atom is -0.319 e. The van der Waals surface area contributed by atoms with Gasteiger partial charge in [0.15, 0.2) is 0 Å². The van der Waals surface area contributed by atoms with Crippen molar-refractivity contribution in [2.75, 3.05) is 33.2 Å². The van der Waals surface area contributed by atoms with Crippen molar-refractivity contribution in [1.82, 2.24) is 10.2 Å². The Balaban J connectivity index is 2.25. The van der Waals surface area contributed by atoms with Gasteiger partial charge in [-0.05, 0) is 51.9 Å². The molecule has 1 N–H and O–H groups in total. The van der Waals surface area contributed by atoms with Gasteiger partial charge in [-0.2, -0.15) is 13.2 Å². The topological polar surface area (TPSA) is 15.3 Å². The summed E-state index contributed by atoms with van der Waals surface area (Å²) in [6.45, 7) is 2.77. The number of hydrogen-bond donors (Lipinski definition) is 1. The highest BCUT2D eigenvalue weighted by Crippen LogP contribution is 2.22. The second-order valence-corrected chi connectivity index (χ2v) is 4.56. The fourth-order valence-electron chi connectivity index (χ4n) is 2.23. The summed E-state index contributed by atoms with van der Waals surface area (Å²) in [4.78, 5) is 1.95. The van der Waals surface area contributed by atoms with E-state index in [-0.39, 0.29) is 6.54 Å². The fraction of sp³-hybridized carbons (Fsp3) is 1.00. The number of hydrogen-bond acceptors (Lipinski definition) is 2. The van der Waals surface area contributed by atoms with Crippen LogP contribution in [-0.2, 0) is 0 Å². The molecule has 1 fully saturated rings. The first-order chi connectivity index (χ1) is 7.51. The van der Waals surface area contributed by atoms with Crippen molar-refractivity contribution >= 4 is 0 Å². The molecule has 0 saturated carbocycles. The van der Waals surface area contributed by atoms with Gasteiger partial charge >= 0.3 is 6.18 Å². The van der Waals surface area contributed by atoms with Crippen molar-refractivity contribution in [1.29, 1.82) is 0 Å². The first-order valence-corrected chi connectivity index (χ1v) is 5.95. The van der Waals surface area contributed by atoms with E-state index in [0.29, 0.717) is 5.92 Å². The van der Waals surface area contributed by atoms with Crippen LogP contribution in [0.3, 0.4) is 0 Å². The third kappa shape index (κ3) is 5.70. The van der Waals surface area contributed by atoms with Crippen LogP contribution in [0, 0.1) is 5.92 Å². The molecule has 0 aromatic heterocycles. The van der Waals surface area contributed by atoms with Gasteiger partial charge in [0.25, 0.3) is 0 Å². The van der Waals surface area contributed by atoms with Crippen LogP contribution in [0.15, 0.2) is 0 Å². The normalized spacial score (nSPS) is 24.4. The molecule has 1 aliphatic heterocycles. The Morgan fingerprint density at radius 2 is 2.00 bits per heavy atom. The molecule has 1 atom stereocenters. The summed E-state index contributed by atoms with van der Waals surface area (Å²) >= 11 is 0. The molecule has 96 valence electrons. The van der Waals surface area contributed by atoms with Gasteiger partial charge in [-0.1, -0.05) is 0 Å². The van der Waals surface area contributed by atoms with E-state index in [2.05, 4.69) is 5.32 Å². The van der Waals surface area contributed by atoms with Gasteiger partial charge in [-0.3, -0.25) is 0 Å². The highest BCUT2D eigenvalue weighted by atomic mass is 19.4. The summed E-state index contributed by atoms with van der Waals surface area (Å²) < 4.78 is 36.2. The Bertz CT molecular complexity index is 194. The lowest BCUT2D eigenvalue weighted by Gasteiger charge is -2.20. The molecule has 0 amide bonds. The number of halogens is 3. The number of nitrogens with one attached hydrogen (secondary N) is 1. The fourth-order valence-corrected chi connectivity index (χ4v) is 2.23. The Hall–Kier alpha value is -0.290. The molecule has 16 heavy (non-hydrogen) atoms. The van der Waals surface area contributed by atoms with Crippen molar-refractivity contribution < 1.29 is 13.2 Å². The van der Waals surface area contributed by atoms with E-state index in [0.717, 1.165) is 38.9 Å². The maximum atomic E-state index is 12.1. The maximum Gasteiger partial charge on any atom is 0.390 e. The quantitative estimate of drug-likeness (QED) is 0.808. The largest absolute Gasteiger partial charge is 0.390 e. The van der Waals surface area contributed by atoms with Crippen LogP contribution < -0.4 is 5.32 Å². The van der Waals surface area contributed by atoms with Gasteiger partial charge in [0.2, 0.25) is 0 Å². The third-order valence-corrected chi connectivity index (χ3v) is 3.14. The van der Waals surface area contributed by atoms with Crippen LogP contribution in [0.4, 0.5) is 13.2 Å². The molecule has 2 nitrogen and oxygen atoms in total. The van der Waals surface area contributed by atoms with E-state index in [4.69, 9.17) is 0 Å². The summed E-state index contributed by atoms with van der Waals surface area (Å²) in [5, 5.41) is 3.14. The molecule has 0 aliphatic carbocycles. The predicted molar refractivity (Wildman–Crippen MR) is 58.4 cm³/mol. The van der Waals surface area contributed by atoms with Crippen LogP contribution in [0.25, 0.3) is 0 Å². The first-order valence-electron chi connectivity index (χ1n) is 5.95. The van der Waals surface area contributed by atoms with E-state index in [1.807, 2.05) is 11.9 Å². The van der Waals surface area contributed by atoms with Crippen LogP contribution >= 0.6 is 0 Å². The monoisotopic (exact) mass is 238 g/mol. The SMILES string of the molecule is CNCC1CCCN(CCC(F)(F)F)CC1. The molecule has 1 rings (SSSR count). The summed E-state index contributed by atoms with van der Waals surface area (Å²) in [6, 6.07) is 0. The van der Waals surface area contributed by atoms with E-state index in [9.17, 15) is 13.2 Å². The van der Waals surface area contributed by atoms with Crippen molar-refractivity contribution in [2.24, 2.45) is 5.92 Å². The van der Waals surface area contributed by atoms with E-state index in [1.165, 1.54) is 0 Å². The molecule has 0 bridgehead atoms. The lowest BCUT2D eigenvalue weighted by Crippen LogP contribution is -2.29. The average Bonchev–Trinajstić information content (AvgIpc) is 2.40. The summed E-state index contributed by atoms with van der Waals surface area (Å²) in [7, 11) is 1.92. The molecule has 1 saturated heterocycles. The number of alkyl halides is 3. The number of nitrogens with zero attached hydrogens (tertiary/aromatic N) is 1. The maximum absolute atomic E-state index is 12.1. The average molecular weight is 238 g/mol. The molecular weight excluding hydrogens is 217 g/mol. The van der Waals surface area contributed by atoms with E-state index < -0.39 is 12.6 Å². The van der Waals surface area contributed by atoms with Gasteiger partial charge in [-0.25, -0.2) is 0 Å². The minimum absolute atomic E-state index is 0.162. The van der Waals surface area contributed by atoms with Crippen molar-refractivity contribution in [3.63, 3.8) is 0 Å². The van der Waals surface area contributed by atoms with Crippen LogP contribution in [0.5, 0.6) is 0 Å². The van der Waals surface area contributed by atoms with E-state index in [1.54, 1.807) is 0 Å². The first kappa shape index (κ1) is 13.8. The van der Waals surface area contributed by atoms with Gasteiger partial charge < -0.3 is 10.2 Å². The van der Waals surface area contributed by atoms with Gasteiger partial charge in [0.05, 0.1) is 6.42 Å².